The highest BCUT2D eigenvalue weighted by molar-refractivity contribution is 7.96. The molecule has 2 saturated carbocycles. The van der Waals surface area contributed by atoms with Gasteiger partial charge in [-0.15, -0.1) is 15.9 Å². The minimum Gasteiger partial charge on any atom is -0.597 e. The predicted molar refractivity (Wildman–Crippen MR) is 136 cm³/mol. The first kappa shape index (κ1) is 30.8. The number of nitrogens with one attached hydrogen (secondary N) is 5. The van der Waals surface area contributed by atoms with Crippen molar-refractivity contribution in [2.24, 2.45) is 5.92 Å². The van der Waals surface area contributed by atoms with Gasteiger partial charge >= 0.3 is 6.18 Å². The molecule has 38 heavy (non-hydrogen) atoms. The second-order valence-corrected chi connectivity index (χ2v) is 13.9. The Kier molecular flexibility index (Phi) is 10.7. The zero-order chi connectivity index (χ0) is 27.5. The third-order valence-electron chi connectivity index (χ3n) is 8.08. The van der Waals surface area contributed by atoms with Gasteiger partial charge in [0, 0.05) is 25.2 Å². The van der Waals surface area contributed by atoms with Crippen LogP contribution >= 0.6 is 11.6 Å². The molecule has 0 radical (unpaired) electrons. The van der Waals surface area contributed by atoms with Gasteiger partial charge < -0.3 is 9.29 Å². The lowest BCUT2D eigenvalue weighted by molar-refractivity contribution is -0.199. The summed E-state index contributed by atoms with van der Waals surface area (Å²) in [6.07, 6.45) is -2.19. The first-order valence-electron chi connectivity index (χ1n) is 13.6. The second-order valence-electron chi connectivity index (χ2n) is 11.1. The van der Waals surface area contributed by atoms with Gasteiger partial charge in [-0.25, -0.2) is 4.39 Å². The van der Waals surface area contributed by atoms with Crippen LogP contribution in [0.2, 0.25) is 0 Å². The highest BCUT2D eigenvalue weighted by Gasteiger charge is 2.41. The maximum absolute atomic E-state index is 13.8. The van der Waals surface area contributed by atoms with Crippen LogP contribution in [0.1, 0.15) is 64.7 Å². The first-order valence-corrected chi connectivity index (χ1v) is 15.6. The standard InChI is InChI=1S/C23H41ClF4N6O3S/c1-14-2-5-17(6-3-14)38(35,36)34-10-8-15(9-11-34)29-20-31-21(30-16-4-7-19(25)18(24)12-16)33-22(32-20)37-13-23(26,27)28/h14-22,29-33H,2-13H2,1H3. The van der Waals surface area contributed by atoms with Crippen molar-refractivity contribution in [3.05, 3.63) is 0 Å². The summed E-state index contributed by atoms with van der Waals surface area (Å²) < 4.78 is 85.0. The molecular formula is C23H41ClF4N6O3S. The molecule has 7 atom stereocenters. The largest absolute Gasteiger partial charge is 0.597 e. The van der Waals surface area contributed by atoms with Gasteiger partial charge in [-0.05, 0) is 63.7 Å². The van der Waals surface area contributed by atoms with Crippen LogP contribution in [-0.2, 0) is 19.3 Å². The molecular weight excluding hydrogens is 552 g/mol. The Morgan fingerprint density at radius 1 is 0.974 bits per heavy atom. The molecule has 5 N–H and O–H groups in total. The van der Waals surface area contributed by atoms with Crippen LogP contribution in [0.25, 0.3) is 0 Å². The lowest BCUT2D eigenvalue weighted by atomic mass is 9.91. The van der Waals surface area contributed by atoms with E-state index in [0.29, 0.717) is 64.0 Å². The fourth-order valence-corrected chi connectivity index (χ4v) is 8.15. The van der Waals surface area contributed by atoms with Crippen molar-refractivity contribution in [2.75, 3.05) is 19.7 Å². The molecule has 2 saturated heterocycles. The Labute approximate surface area is 228 Å². The average molecular weight is 593 g/mol. The molecule has 7 unspecified atom stereocenters. The van der Waals surface area contributed by atoms with Crippen LogP contribution in [0.3, 0.4) is 0 Å². The molecule has 2 aliphatic heterocycles. The normalized spacial score (nSPS) is 40.1. The molecule has 2 aliphatic carbocycles. The van der Waals surface area contributed by atoms with Gasteiger partial charge in [-0.3, -0.25) is 26.6 Å². The molecule has 0 aromatic carbocycles. The van der Waals surface area contributed by atoms with E-state index >= 15 is 0 Å². The molecule has 0 aromatic heterocycles. The van der Waals surface area contributed by atoms with Gasteiger partial charge in [0.2, 0.25) is 0 Å². The fourth-order valence-electron chi connectivity index (χ4n) is 5.80. The van der Waals surface area contributed by atoms with Crippen molar-refractivity contribution in [3.63, 3.8) is 0 Å². The summed E-state index contributed by atoms with van der Waals surface area (Å²) in [6.45, 7) is 1.53. The summed E-state index contributed by atoms with van der Waals surface area (Å²) in [7, 11) is -3.34. The van der Waals surface area contributed by atoms with Crippen LogP contribution in [-0.4, -0.2) is 82.5 Å². The van der Waals surface area contributed by atoms with Gasteiger partial charge in [0.25, 0.3) is 0 Å². The summed E-state index contributed by atoms with van der Waals surface area (Å²) in [5.74, 6) is 0.568. The Bertz CT molecular complexity index is 804. The minimum absolute atomic E-state index is 0.0472. The van der Waals surface area contributed by atoms with Crippen LogP contribution < -0.4 is 26.6 Å². The maximum Gasteiger partial charge on any atom is 0.411 e. The summed E-state index contributed by atoms with van der Waals surface area (Å²) >= 11 is 6.09. The van der Waals surface area contributed by atoms with Gasteiger partial charge in [-0.2, -0.15) is 13.2 Å². The molecule has 4 fully saturated rings. The molecule has 4 rings (SSSR count). The zero-order valence-corrected chi connectivity index (χ0v) is 23.2. The van der Waals surface area contributed by atoms with Crippen LogP contribution in [0, 0.1) is 5.92 Å². The smallest absolute Gasteiger partial charge is 0.411 e. The second kappa shape index (κ2) is 13.2. The minimum atomic E-state index is -4.49. The molecule has 0 aromatic rings. The monoisotopic (exact) mass is 592 g/mol. The number of hydrogen-bond donors (Lipinski definition) is 5. The number of ether oxygens (including phenoxy) is 1. The van der Waals surface area contributed by atoms with Gasteiger partial charge in [0.1, 0.15) is 41.0 Å². The molecule has 222 valence electrons. The van der Waals surface area contributed by atoms with E-state index in [-0.39, 0.29) is 17.3 Å². The van der Waals surface area contributed by atoms with E-state index in [1.165, 1.54) is 0 Å². The summed E-state index contributed by atoms with van der Waals surface area (Å²) in [4.78, 5) is 0. The SMILES string of the molecule is CC1CCC([S+](=O)([O-])N2CCC(NC3NC(NC4CCC(F)C(Cl)C4)NC(OCC(F)(F)F)N3)CC2)CC1. The summed E-state index contributed by atoms with van der Waals surface area (Å²) in [5, 5.41) is 14.8. The van der Waals surface area contributed by atoms with E-state index in [1.807, 2.05) is 0 Å². The fraction of sp³-hybridized carbons (Fsp3) is 1.00. The topological polar surface area (TPSA) is 113 Å². The van der Waals surface area contributed by atoms with E-state index in [9.17, 15) is 26.3 Å². The Balaban J connectivity index is 1.30. The molecule has 0 amide bonds. The van der Waals surface area contributed by atoms with E-state index in [2.05, 4.69) is 33.5 Å². The average Bonchev–Trinajstić information content (AvgIpc) is 2.85. The lowest BCUT2D eigenvalue weighted by Gasteiger charge is -2.44. The van der Waals surface area contributed by atoms with Gasteiger partial charge in [0.05, 0.1) is 5.38 Å². The van der Waals surface area contributed by atoms with Crippen molar-refractivity contribution in [1.29, 1.82) is 0 Å². The van der Waals surface area contributed by atoms with Crippen molar-refractivity contribution >= 4 is 22.0 Å². The zero-order valence-electron chi connectivity index (χ0n) is 21.7. The molecule has 0 spiro atoms. The van der Waals surface area contributed by atoms with E-state index in [1.54, 1.807) is 4.31 Å². The number of hydrogen-bond acceptors (Lipinski definition) is 8. The van der Waals surface area contributed by atoms with Crippen LogP contribution in [0.15, 0.2) is 0 Å². The van der Waals surface area contributed by atoms with Crippen molar-refractivity contribution < 1.29 is 31.1 Å². The molecule has 15 heteroatoms. The highest BCUT2D eigenvalue weighted by atomic mass is 35.5. The van der Waals surface area contributed by atoms with Crippen LogP contribution in [0.5, 0.6) is 0 Å². The number of nitrogens with zero attached hydrogens (tertiary/aromatic N) is 1. The molecule has 9 nitrogen and oxygen atoms in total. The third-order valence-corrected chi connectivity index (χ3v) is 10.9. The number of piperidine rings is 1. The van der Waals surface area contributed by atoms with Crippen molar-refractivity contribution in [2.45, 2.75) is 119 Å². The first-order chi connectivity index (χ1) is 17.9. The lowest BCUT2D eigenvalue weighted by Crippen LogP contribution is -2.76. The van der Waals surface area contributed by atoms with Gasteiger partial charge in [-0.1, -0.05) is 11.1 Å². The van der Waals surface area contributed by atoms with E-state index in [4.69, 9.17) is 16.3 Å². The van der Waals surface area contributed by atoms with Crippen molar-refractivity contribution in [3.8, 4) is 0 Å². The molecule has 0 bridgehead atoms. The number of rotatable bonds is 8. The Morgan fingerprint density at radius 3 is 2.16 bits per heavy atom. The number of alkyl halides is 5. The molecule has 2 heterocycles. The van der Waals surface area contributed by atoms with Gasteiger partial charge in [0.15, 0.2) is 6.35 Å². The Hall–Kier alpha value is -0.160. The predicted octanol–water partition coefficient (Wildman–Crippen LogP) is 2.46. The summed E-state index contributed by atoms with van der Waals surface area (Å²) in [6, 6.07) is -0.165. The van der Waals surface area contributed by atoms with E-state index < -0.39 is 53.7 Å². The van der Waals surface area contributed by atoms with Crippen molar-refractivity contribution in [1.82, 2.24) is 30.9 Å². The summed E-state index contributed by atoms with van der Waals surface area (Å²) in [5.41, 5.74) is 0. The number of halogens is 5. The number of sulfonamides is 1. The van der Waals surface area contributed by atoms with Crippen LogP contribution in [0.4, 0.5) is 17.6 Å². The quantitative estimate of drug-likeness (QED) is 0.166. The molecule has 4 aliphatic rings. The highest BCUT2D eigenvalue weighted by Crippen LogP contribution is 2.33. The third kappa shape index (κ3) is 8.67. The van der Waals surface area contributed by atoms with E-state index in [0.717, 1.165) is 12.8 Å². The Morgan fingerprint density at radius 2 is 1.58 bits per heavy atom. The maximum atomic E-state index is 13.8.